The topological polar surface area (TPSA) is 38.0 Å². The van der Waals surface area contributed by atoms with E-state index in [1.165, 1.54) is 0 Å². The zero-order valence-corrected chi connectivity index (χ0v) is 15.0. The van der Waals surface area contributed by atoms with Crippen molar-refractivity contribution in [3.05, 3.63) is 102 Å². The van der Waals surface area contributed by atoms with E-state index in [9.17, 15) is 5.11 Å². The molecule has 0 atom stereocenters. The van der Waals surface area contributed by atoms with Gasteiger partial charge in [0.1, 0.15) is 0 Å². The van der Waals surface area contributed by atoms with Gasteiger partial charge in [-0.3, -0.25) is 0 Å². The molecule has 0 radical (unpaired) electrons. The van der Waals surface area contributed by atoms with Gasteiger partial charge in [0.15, 0.2) is 11.4 Å². The molecule has 0 unspecified atom stereocenters. The fraction of sp³-hybridized carbons (Fsp3) is 0.174. The molecule has 4 rings (SSSR count). The van der Waals surface area contributed by atoms with Gasteiger partial charge in [0.05, 0.1) is 11.0 Å². The SMILES string of the molecule is CC(C)n1c(C(O)(c2ccccc2)c2ccccc2)nc2ccccc21. The number of fused-ring (bicyclic) bond motifs is 1. The number of rotatable bonds is 4. The fourth-order valence-corrected chi connectivity index (χ4v) is 3.61. The lowest BCUT2D eigenvalue weighted by molar-refractivity contribution is 0.110. The van der Waals surface area contributed by atoms with Crippen LogP contribution in [0.1, 0.15) is 36.8 Å². The van der Waals surface area contributed by atoms with Crippen molar-refractivity contribution in [2.24, 2.45) is 0 Å². The van der Waals surface area contributed by atoms with Crippen LogP contribution in [0, 0.1) is 0 Å². The van der Waals surface area contributed by atoms with Crippen molar-refractivity contribution in [1.82, 2.24) is 9.55 Å². The van der Waals surface area contributed by atoms with Gasteiger partial charge in [0.25, 0.3) is 0 Å². The van der Waals surface area contributed by atoms with E-state index in [2.05, 4.69) is 24.5 Å². The van der Waals surface area contributed by atoms with Gasteiger partial charge in [-0.15, -0.1) is 0 Å². The van der Waals surface area contributed by atoms with Crippen LogP contribution in [0.2, 0.25) is 0 Å². The molecule has 0 aliphatic rings. The van der Waals surface area contributed by atoms with E-state index in [1.807, 2.05) is 78.9 Å². The molecule has 0 aliphatic heterocycles. The number of nitrogens with zero attached hydrogens (tertiary/aromatic N) is 2. The van der Waals surface area contributed by atoms with Crippen LogP contribution in [0.25, 0.3) is 11.0 Å². The van der Waals surface area contributed by atoms with Crippen LogP contribution in [0.4, 0.5) is 0 Å². The van der Waals surface area contributed by atoms with Crippen LogP contribution in [0.15, 0.2) is 84.9 Å². The van der Waals surface area contributed by atoms with E-state index in [4.69, 9.17) is 4.98 Å². The summed E-state index contributed by atoms with van der Waals surface area (Å²) in [6.45, 7) is 4.24. The second-order valence-electron chi connectivity index (χ2n) is 6.83. The minimum Gasteiger partial charge on any atom is -0.373 e. The predicted octanol–water partition coefficient (Wildman–Crippen LogP) is 4.90. The Morgan fingerprint density at radius 2 is 1.27 bits per heavy atom. The lowest BCUT2D eigenvalue weighted by Crippen LogP contribution is -2.33. The standard InChI is InChI=1S/C23H22N2O/c1-17(2)25-21-16-10-9-15-20(21)24-22(25)23(26,18-11-5-3-6-12-18)19-13-7-4-8-14-19/h3-17,26H,1-2H3. The van der Waals surface area contributed by atoms with E-state index >= 15 is 0 Å². The molecule has 1 N–H and O–H groups in total. The Balaban J connectivity index is 2.09. The van der Waals surface area contributed by atoms with Crippen molar-refractivity contribution in [2.75, 3.05) is 0 Å². The molecule has 0 aliphatic carbocycles. The average molecular weight is 342 g/mol. The summed E-state index contributed by atoms with van der Waals surface area (Å²) in [6, 6.07) is 27.7. The molecule has 0 bridgehead atoms. The molecule has 1 heterocycles. The number of benzene rings is 3. The lowest BCUT2D eigenvalue weighted by Gasteiger charge is -2.30. The summed E-state index contributed by atoms with van der Waals surface area (Å²) in [6.07, 6.45) is 0. The van der Waals surface area contributed by atoms with E-state index in [-0.39, 0.29) is 6.04 Å². The minimum atomic E-state index is -1.33. The van der Waals surface area contributed by atoms with Gasteiger partial charge in [-0.05, 0) is 37.1 Å². The van der Waals surface area contributed by atoms with E-state index in [0.717, 1.165) is 22.2 Å². The van der Waals surface area contributed by atoms with Crippen molar-refractivity contribution in [3.8, 4) is 0 Å². The third-order valence-corrected chi connectivity index (χ3v) is 4.82. The second-order valence-corrected chi connectivity index (χ2v) is 6.83. The van der Waals surface area contributed by atoms with Crippen LogP contribution in [0.5, 0.6) is 0 Å². The first-order valence-electron chi connectivity index (χ1n) is 8.93. The first kappa shape index (κ1) is 16.6. The summed E-state index contributed by atoms with van der Waals surface area (Å²) < 4.78 is 2.13. The molecule has 130 valence electrons. The molecular formula is C23H22N2O. The number of hydrogen-bond donors (Lipinski definition) is 1. The summed E-state index contributed by atoms with van der Waals surface area (Å²) in [5.41, 5.74) is 2.21. The molecule has 0 fully saturated rings. The van der Waals surface area contributed by atoms with Crippen molar-refractivity contribution in [2.45, 2.75) is 25.5 Å². The third kappa shape index (κ3) is 2.52. The highest BCUT2D eigenvalue weighted by Gasteiger charge is 2.39. The monoisotopic (exact) mass is 342 g/mol. The Labute approximate surface area is 153 Å². The van der Waals surface area contributed by atoms with E-state index in [1.54, 1.807) is 0 Å². The van der Waals surface area contributed by atoms with Crippen LogP contribution in [-0.2, 0) is 5.60 Å². The zero-order chi connectivity index (χ0) is 18.1. The Morgan fingerprint density at radius 3 is 1.81 bits per heavy atom. The minimum absolute atomic E-state index is 0.163. The number of aliphatic hydroxyl groups is 1. The molecule has 26 heavy (non-hydrogen) atoms. The molecule has 4 aromatic rings. The maximum Gasteiger partial charge on any atom is 0.173 e. The van der Waals surface area contributed by atoms with Crippen LogP contribution >= 0.6 is 0 Å². The number of para-hydroxylation sites is 2. The predicted molar refractivity (Wildman–Crippen MR) is 105 cm³/mol. The highest BCUT2D eigenvalue weighted by atomic mass is 16.3. The maximum absolute atomic E-state index is 12.1. The Hall–Kier alpha value is -2.91. The van der Waals surface area contributed by atoms with Crippen molar-refractivity contribution >= 4 is 11.0 Å². The van der Waals surface area contributed by atoms with Gasteiger partial charge in [0, 0.05) is 6.04 Å². The quantitative estimate of drug-likeness (QED) is 0.573. The lowest BCUT2D eigenvalue weighted by atomic mass is 9.85. The Morgan fingerprint density at radius 1 is 0.769 bits per heavy atom. The fourth-order valence-electron chi connectivity index (χ4n) is 3.61. The van der Waals surface area contributed by atoms with Gasteiger partial charge in [-0.25, -0.2) is 4.98 Å². The van der Waals surface area contributed by atoms with E-state index < -0.39 is 5.60 Å². The van der Waals surface area contributed by atoms with Gasteiger partial charge in [-0.2, -0.15) is 0 Å². The number of imidazole rings is 1. The summed E-state index contributed by atoms with van der Waals surface area (Å²) >= 11 is 0. The molecule has 0 saturated heterocycles. The highest BCUT2D eigenvalue weighted by Crippen LogP contribution is 2.38. The molecular weight excluding hydrogens is 320 g/mol. The van der Waals surface area contributed by atoms with E-state index in [0.29, 0.717) is 5.82 Å². The molecule has 0 spiro atoms. The summed E-state index contributed by atoms with van der Waals surface area (Å²) in [7, 11) is 0. The summed E-state index contributed by atoms with van der Waals surface area (Å²) in [5.74, 6) is 0.645. The molecule has 3 aromatic carbocycles. The Bertz CT molecular complexity index is 980. The first-order valence-corrected chi connectivity index (χ1v) is 8.93. The molecule has 0 amide bonds. The van der Waals surface area contributed by atoms with Gasteiger partial charge < -0.3 is 9.67 Å². The summed E-state index contributed by atoms with van der Waals surface area (Å²) in [4.78, 5) is 4.87. The van der Waals surface area contributed by atoms with Crippen molar-refractivity contribution in [3.63, 3.8) is 0 Å². The smallest absolute Gasteiger partial charge is 0.173 e. The normalized spacial score (nSPS) is 12.0. The average Bonchev–Trinajstić information content (AvgIpc) is 3.09. The van der Waals surface area contributed by atoms with Gasteiger partial charge >= 0.3 is 0 Å². The summed E-state index contributed by atoms with van der Waals surface area (Å²) in [5, 5.41) is 12.1. The van der Waals surface area contributed by atoms with Crippen LogP contribution < -0.4 is 0 Å². The number of hydrogen-bond acceptors (Lipinski definition) is 2. The van der Waals surface area contributed by atoms with Crippen molar-refractivity contribution in [1.29, 1.82) is 0 Å². The third-order valence-electron chi connectivity index (χ3n) is 4.82. The van der Waals surface area contributed by atoms with Gasteiger partial charge in [-0.1, -0.05) is 72.8 Å². The highest BCUT2D eigenvalue weighted by molar-refractivity contribution is 5.77. The zero-order valence-electron chi connectivity index (χ0n) is 15.0. The molecule has 3 nitrogen and oxygen atoms in total. The molecule has 1 aromatic heterocycles. The molecule has 0 saturated carbocycles. The Kier molecular flexibility index (Phi) is 4.09. The number of aromatic nitrogens is 2. The first-order chi connectivity index (χ1) is 12.6. The largest absolute Gasteiger partial charge is 0.373 e. The van der Waals surface area contributed by atoms with Crippen LogP contribution in [-0.4, -0.2) is 14.7 Å². The second kappa shape index (κ2) is 6.43. The maximum atomic E-state index is 12.1. The van der Waals surface area contributed by atoms with Crippen LogP contribution in [0.3, 0.4) is 0 Å². The van der Waals surface area contributed by atoms with Crippen molar-refractivity contribution < 1.29 is 5.11 Å². The van der Waals surface area contributed by atoms with Gasteiger partial charge in [0.2, 0.25) is 0 Å². The molecule has 3 heteroatoms.